The van der Waals surface area contributed by atoms with Crippen molar-refractivity contribution < 1.29 is 4.42 Å². The molecule has 5 rings (SSSR count). The molecule has 1 N–H and O–H groups in total. The van der Waals surface area contributed by atoms with E-state index < -0.39 is 5.63 Å². The van der Waals surface area contributed by atoms with E-state index in [1.165, 1.54) is 0 Å². The molecule has 1 aliphatic heterocycles. The Morgan fingerprint density at radius 3 is 2.72 bits per heavy atom. The first-order chi connectivity index (χ1) is 14.0. The number of benzene rings is 1. The average Bonchev–Trinajstić information content (AvgIpc) is 3.11. The van der Waals surface area contributed by atoms with E-state index in [9.17, 15) is 4.79 Å². The molecule has 4 heterocycles. The lowest BCUT2D eigenvalue weighted by Gasteiger charge is -2.37. The molecule has 0 amide bonds. The van der Waals surface area contributed by atoms with Crippen LogP contribution in [0.3, 0.4) is 0 Å². The summed E-state index contributed by atoms with van der Waals surface area (Å²) in [6.45, 7) is 6.19. The molecule has 4 aromatic rings. The minimum atomic E-state index is -0.406. The number of nitrogens with zero attached hydrogens (tertiary/aromatic N) is 3. The summed E-state index contributed by atoms with van der Waals surface area (Å²) >= 11 is 6.21. The summed E-state index contributed by atoms with van der Waals surface area (Å²) < 4.78 is 7.48. The van der Waals surface area contributed by atoms with Gasteiger partial charge in [0.05, 0.1) is 16.3 Å². The summed E-state index contributed by atoms with van der Waals surface area (Å²) in [6, 6.07) is 12.3. The van der Waals surface area contributed by atoms with Gasteiger partial charge in [-0.05, 0) is 44.2 Å². The molecule has 2 atom stereocenters. The summed E-state index contributed by atoms with van der Waals surface area (Å²) in [5, 5.41) is 4.93. The molecule has 0 aliphatic carbocycles. The SMILES string of the molecule is C[C@@H]1CN(c2ccc3cc(-c4cn5cccc(Cl)c5n4)c(=O)oc3c2)C[C@H](C)N1. The number of nitrogens with one attached hydrogen (secondary N) is 1. The van der Waals surface area contributed by atoms with E-state index in [2.05, 4.69) is 35.1 Å². The number of imidazole rings is 1. The zero-order chi connectivity index (χ0) is 20.1. The minimum absolute atomic E-state index is 0.406. The molecule has 3 aromatic heterocycles. The topological polar surface area (TPSA) is 62.8 Å². The maximum Gasteiger partial charge on any atom is 0.345 e. The number of pyridine rings is 1. The van der Waals surface area contributed by atoms with Gasteiger partial charge in [0.25, 0.3) is 0 Å². The van der Waals surface area contributed by atoms with E-state index >= 15 is 0 Å². The number of piperazine rings is 1. The van der Waals surface area contributed by atoms with Crippen LogP contribution in [-0.4, -0.2) is 34.6 Å². The largest absolute Gasteiger partial charge is 0.422 e. The van der Waals surface area contributed by atoms with Crippen LogP contribution >= 0.6 is 11.6 Å². The van der Waals surface area contributed by atoms with Gasteiger partial charge < -0.3 is 19.0 Å². The Morgan fingerprint density at radius 2 is 1.97 bits per heavy atom. The van der Waals surface area contributed by atoms with Gasteiger partial charge in [-0.3, -0.25) is 0 Å². The zero-order valence-electron chi connectivity index (χ0n) is 16.2. The van der Waals surface area contributed by atoms with Gasteiger partial charge in [0.15, 0.2) is 5.65 Å². The average molecular weight is 409 g/mol. The molecule has 1 aromatic carbocycles. The highest BCUT2D eigenvalue weighted by Gasteiger charge is 2.22. The molecule has 1 aliphatic rings. The molecule has 6 nitrogen and oxygen atoms in total. The quantitative estimate of drug-likeness (QED) is 0.509. The van der Waals surface area contributed by atoms with Crippen molar-refractivity contribution in [2.45, 2.75) is 25.9 Å². The van der Waals surface area contributed by atoms with Gasteiger partial charge in [-0.25, -0.2) is 9.78 Å². The molecular weight excluding hydrogens is 388 g/mol. The molecule has 1 fully saturated rings. The number of fused-ring (bicyclic) bond motifs is 2. The monoisotopic (exact) mass is 408 g/mol. The lowest BCUT2D eigenvalue weighted by Crippen LogP contribution is -2.54. The van der Waals surface area contributed by atoms with Crippen molar-refractivity contribution in [3.05, 3.63) is 64.2 Å². The fraction of sp³-hybridized carbons (Fsp3) is 0.273. The Bertz CT molecular complexity index is 1270. The zero-order valence-corrected chi connectivity index (χ0v) is 17.0. The van der Waals surface area contributed by atoms with E-state index in [1.807, 2.05) is 30.5 Å². The lowest BCUT2D eigenvalue weighted by molar-refractivity contribution is 0.407. The van der Waals surface area contributed by atoms with Gasteiger partial charge in [0.1, 0.15) is 5.58 Å². The predicted molar refractivity (Wildman–Crippen MR) is 116 cm³/mol. The fourth-order valence-electron chi connectivity index (χ4n) is 4.12. The van der Waals surface area contributed by atoms with Crippen molar-refractivity contribution in [1.82, 2.24) is 14.7 Å². The van der Waals surface area contributed by atoms with Crippen LogP contribution in [0.15, 0.2) is 58.0 Å². The van der Waals surface area contributed by atoms with Crippen LogP contribution in [0, 0.1) is 0 Å². The summed E-state index contributed by atoms with van der Waals surface area (Å²) in [5.74, 6) is 0. The van der Waals surface area contributed by atoms with Crippen LogP contribution < -0.4 is 15.8 Å². The first-order valence-electron chi connectivity index (χ1n) is 9.70. The highest BCUT2D eigenvalue weighted by molar-refractivity contribution is 6.33. The summed E-state index contributed by atoms with van der Waals surface area (Å²) in [5.41, 5.74) is 2.82. The van der Waals surface area contributed by atoms with E-state index in [0.29, 0.717) is 39.6 Å². The number of hydrogen-bond donors (Lipinski definition) is 1. The smallest absolute Gasteiger partial charge is 0.345 e. The van der Waals surface area contributed by atoms with Crippen LogP contribution in [0.25, 0.3) is 27.9 Å². The van der Waals surface area contributed by atoms with E-state index in [-0.39, 0.29) is 0 Å². The minimum Gasteiger partial charge on any atom is -0.422 e. The molecule has 29 heavy (non-hydrogen) atoms. The second kappa shape index (κ2) is 6.90. The highest BCUT2D eigenvalue weighted by atomic mass is 35.5. The number of aromatic nitrogens is 2. The van der Waals surface area contributed by atoms with Crippen molar-refractivity contribution in [3.63, 3.8) is 0 Å². The maximum atomic E-state index is 12.7. The maximum absolute atomic E-state index is 12.7. The third kappa shape index (κ3) is 3.28. The van der Waals surface area contributed by atoms with E-state index in [4.69, 9.17) is 16.0 Å². The summed E-state index contributed by atoms with van der Waals surface area (Å²) in [6.07, 6.45) is 3.64. The van der Waals surface area contributed by atoms with Gasteiger partial charge in [-0.15, -0.1) is 0 Å². The van der Waals surface area contributed by atoms with Gasteiger partial charge >= 0.3 is 5.63 Å². The van der Waals surface area contributed by atoms with E-state index in [0.717, 1.165) is 24.2 Å². The van der Waals surface area contributed by atoms with Crippen molar-refractivity contribution in [1.29, 1.82) is 0 Å². The Balaban J connectivity index is 1.56. The van der Waals surface area contributed by atoms with Crippen LogP contribution in [-0.2, 0) is 0 Å². The number of hydrogen-bond acceptors (Lipinski definition) is 5. The third-order valence-electron chi connectivity index (χ3n) is 5.35. The highest BCUT2D eigenvalue weighted by Crippen LogP contribution is 2.27. The number of halogens is 1. The first-order valence-corrected chi connectivity index (χ1v) is 10.1. The number of rotatable bonds is 2. The summed E-state index contributed by atoms with van der Waals surface area (Å²) in [7, 11) is 0. The molecule has 0 saturated carbocycles. The molecule has 0 radical (unpaired) electrons. The molecule has 0 bridgehead atoms. The van der Waals surface area contributed by atoms with Crippen LogP contribution in [0.4, 0.5) is 5.69 Å². The predicted octanol–water partition coefficient (Wildman–Crippen LogP) is 3.95. The van der Waals surface area contributed by atoms with Crippen molar-refractivity contribution in [3.8, 4) is 11.3 Å². The van der Waals surface area contributed by atoms with Crippen molar-refractivity contribution >= 4 is 33.9 Å². The lowest BCUT2D eigenvalue weighted by atomic mass is 10.1. The Labute approximate surface area is 172 Å². The van der Waals surface area contributed by atoms with Gasteiger partial charge in [0, 0.05) is 54.7 Å². The second-order valence-corrected chi connectivity index (χ2v) is 8.16. The van der Waals surface area contributed by atoms with Crippen LogP contribution in [0.1, 0.15) is 13.8 Å². The Kier molecular flexibility index (Phi) is 4.33. The second-order valence-electron chi connectivity index (χ2n) is 7.76. The molecule has 1 saturated heterocycles. The Hall–Kier alpha value is -2.83. The molecular formula is C22H21ClN4O2. The number of anilines is 1. The Morgan fingerprint density at radius 1 is 1.17 bits per heavy atom. The molecule has 148 valence electrons. The van der Waals surface area contributed by atoms with E-state index in [1.54, 1.807) is 16.7 Å². The summed E-state index contributed by atoms with van der Waals surface area (Å²) in [4.78, 5) is 19.6. The fourth-order valence-corrected chi connectivity index (χ4v) is 4.33. The van der Waals surface area contributed by atoms with Gasteiger partial charge in [-0.1, -0.05) is 11.6 Å². The normalized spacial score (nSPS) is 19.9. The molecule has 7 heteroatoms. The van der Waals surface area contributed by atoms with Crippen molar-refractivity contribution in [2.75, 3.05) is 18.0 Å². The van der Waals surface area contributed by atoms with Crippen LogP contribution in [0.2, 0.25) is 5.02 Å². The molecule has 0 unspecified atom stereocenters. The van der Waals surface area contributed by atoms with Crippen LogP contribution in [0.5, 0.6) is 0 Å². The standard InChI is InChI=1S/C22H21ClN4O2/c1-13-10-27(11-14(2)24-13)16-6-5-15-8-17(22(28)29-20(15)9-16)19-12-26-7-3-4-18(23)21(26)25-19/h3-9,12-14,24H,10-11H2,1-2H3/t13-,14+. The van der Waals surface area contributed by atoms with Gasteiger partial charge in [0.2, 0.25) is 0 Å². The van der Waals surface area contributed by atoms with Gasteiger partial charge in [-0.2, -0.15) is 0 Å². The van der Waals surface area contributed by atoms with Crippen molar-refractivity contribution in [2.24, 2.45) is 0 Å². The molecule has 0 spiro atoms. The third-order valence-corrected chi connectivity index (χ3v) is 5.65. The first kappa shape index (κ1) is 18.2.